The number of amides is 1. The highest BCUT2D eigenvalue weighted by molar-refractivity contribution is 9.10. The maximum atomic E-state index is 12.0. The summed E-state index contributed by atoms with van der Waals surface area (Å²) in [6.45, 7) is 0. The zero-order chi connectivity index (χ0) is 14.0. The van der Waals surface area contributed by atoms with Gasteiger partial charge < -0.3 is 10.4 Å². The van der Waals surface area contributed by atoms with Gasteiger partial charge in [-0.1, -0.05) is 23.2 Å². The number of phenols is 1. The number of pyridine rings is 1. The molecule has 0 saturated heterocycles. The summed E-state index contributed by atoms with van der Waals surface area (Å²) in [5.41, 5.74) is 0.633. The lowest BCUT2D eigenvalue weighted by Gasteiger charge is -2.07. The van der Waals surface area contributed by atoms with Crippen molar-refractivity contribution >= 4 is 50.7 Å². The minimum Gasteiger partial charge on any atom is -0.508 e. The molecule has 0 radical (unpaired) electrons. The molecule has 1 aromatic carbocycles. The molecule has 98 valence electrons. The second-order valence-electron chi connectivity index (χ2n) is 3.61. The quantitative estimate of drug-likeness (QED) is 0.791. The van der Waals surface area contributed by atoms with Crippen molar-refractivity contribution in [3.8, 4) is 5.75 Å². The fourth-order valence-corrected chi connectivity index (χ4v) is 2.03. The van der Waals surface area contributed by atoms with Crippen molar-refractivity contribution in [2.24, 2.45) is 0 Å². The maximum absolute atomic E-state index is 12.0. The molecule has 2 N–H and O–H groups in total. The molecule has 7 heteroatoms. The number of halogens is 3. The molecule has 0 aliphatic carbocycles. The smallest absolute Gasteiger partial charge is 0.257 e. The first kappa shape index (κ1) is 14.1. The van der Waals surface area contributed by atoms with Gasteiger partial charge in [0.1, 0.15) is 10.9 Å². The molecule has 0 bridgehead atoms. The SMILES string of the molecule is O=C(Nc1cnc(Cl)c(Br)c1)c1cc(O)ccc1Cl. The lowest BCUT2D eigenvalue weighted by atomic mass is 10.2. The number of hydrogen-bond donors (Lipinski definition) is 2. The van der Waals surface area contributed by atoms with E-state index in [9.17, 15) is 9.90 Å². The van der Waals surface area contributed by atoms with Gasteiger partial charge in [0.05, 0.1) is 26.9 Å². The van der Waals surface area contributed by atoms with E-state index in [2.05, 4.69) is 26.2 Å². The lowest BCUT2D eigenvalue weighted by molar-refractivity contribution is 0.102. The van der Waals surface area contributed by atoms with E-state index in [1.807, 2.05) is 0 Å². The topological polar surface area (TPSA) is 62.2 Å². The molecule has 0 spiro atoms. The van der Waals surface area contributed by atoms with E-state index in [1.54, 1.807) is 6.07 Å². The highest BCUT2D eigenvalue weighted by Crippen LogP contribution is 2.25. The Balaban J connectivity index is 2.25. The fraction of sp³-hybridized carbons (Fsp3) is 0. The van der Waals surface area contributed by atoms with Crippen molar-refractivity contribution < 1.29 is 9.90 Å². The van der Waals surface area contributed by atoms with Gasteiger partial charge in [0.25, 0.3) is 5.91 Å². The number of aromatic hydroxyl groups is 1. The van der Waals surface area contributed by atoms with Crippen LogP contribution in [0, 0.1) is 0 Å². The minimum absolute atomic E-state index is 0.0371. The molecule has 2 aromatic rings. The number of nitrogens with one attached hydrogen (secondary N) is 1. The normalized spacial score (nSPS) is 10.3. The van der Waals surface area contributed by atoms with Crippen LogP contribution in [-0.2, 0) is 0 Å². The first-order chi connectivity index (χ1) is 8.97. The predicted octanol–water partition coefficient (Wildman–Crippen LogP) is 4.11. The van der Waals surface area contributed by atoms with Crippen LogP contribution in [0.25, 0.3) is 0 Å². The summed E-state index contributed by atoms with van der Waals surface area (Å²) < 4.78 is 0.564. The third-order valence-corrected chi connectivity index (χ3v) is 3.71. The number of carbonyl (C=O) groups is 1. The van der Waals surface area contributed by atoms with E-state index < -0.39 is 5.91 Å². The van der Waals surface area contributed by atoms with E-state index in [0.29, 0.717) is 15.3 Å². The van der Waals surface area contributed by atoms with Crippen LogP contribution >= 0.6 is 39.1 Å². The largest absolute Gasteiger partial charge is 0.508 e. The summed E-state index contributed by atoms with van der Waals surface area (Å²) >= 11 is 14.9. The minimum atomic E-state index is -0.447. The summed E-state index contributed by atoms with van der Waals surface area (Å²) in [5, 5.41) is 12.5. The average molecular weight is 362 g/mol. The van der Waals surface area contributed by atoms with E-state index >= 15 is 0 Å². The number of aromatic nitrogens is 1. The Bertz CT molecular complexity index is 650. The second kappa shape index (κ2) is 5.77. The van der Waals surface area contributed by atoms with Crippen LogP contribution in [0.5, 0.6) is 5.75 Å². The third kappa shape index (κ3) is 3.37. The van der Waals surface area contributed by atoms with E-state index in [0.717, 1.165) is 0 Å². The van der Waals surface area contributed by atoms with Crippen molar-refractivity contribution in [3.05, 3.63) is 50.7 Å². The number of hydrogen-bond acceptors (Lipinski definition) is 3. The molecule has 4 nitrogen and oxygen atoms in total. The van der Waals surface area contributed by atoms with Gasteiger partial charge in [0.2, 0.25) is 0 Å². The van der Waals surface area contributed by atoms with Crippen molar-refractivity contribution in [2.45, 2.75) is 0 Å². The second-order valence-corrected chi connectivity index (χ2v) is 5.23. The van der Waals surface area contributed by atoms with Crippen LogP contribution in [0.3, 0.4) is 0 Å². The number of phenolic OH excluding ortho intramolecular Hbond substituents is 1. The van der Waals surface area contributed by atoms with Gasteiger partial charge in [-0.15, -0.1) is 0 Å². The van der Waals surface area contributed by atoms with E-state index in [4.69, 9.17) is 23.2 Å². The number of carbonyl (C=O) groups excluding carboxylic acids is 1. The van der Waals surface area contributed by atoms with Crippen LogP contribution < -0.4 is 5.32 Å². The van der Waals surface area contributed by atoms with Gasteiger partial charge in [-0.2, -0.15) is 0 Å². The molecular weight excluding hydrogens is 355 g/mol. The van der Waals surface area contributed by atoms with Crippen LogP contribution in [0.2, 0.25) is 10.2 Å². The molecule has 1 amide bonds. The van der Waals surface area contributed by atoms with Crippen molar-refractivity contribution in [1.29, 1.82) is 0 Å². The van der Waals surface area contributed by atoms with E-state index in [1.165, 1.54) is 24.4 Å². The standard InChI is InChI=1S/C12H7BrCl2N2O2/c13-9-3-6(5-16-11(9)15)17-12(19)8-4-7(18)1-2-10(8)14/h1-5,18H,(H,17,19). The molecule has 0 saturated carbocycles. The van der Waals surface area contributed by atoms with Gasteiger partial charge in [-0.3, -0.25) is 4.79 Å². The van der Waals surface area contributed by atoms with Crippen molar-refractivity contribution in [1.82, 2.24) is 4.98 Å². The highest BCUT2D eigenvalue weighted by atomic mass is 79.9. The summed E-state index contributed by atoms with van der Waals surface area (Å²) in [4.78, 5) is 15.9. The lowest BCUT2D eigenvalue weighted by Crippen LogP contribution is -2.12. The van der Waals surface area contributed by atoms with Crippen LogP contribution in [0.15, 0.2) is 34.9 Å². The summed E-state index contributed by atoms with van der Waals surface area (Å²) in [7, 11) is 0. The summed E-state index contributed by atoms with van der Waals surface area (Å²) in [5.74, 6) is -0.484. The Kier molecular flexibility index (Phi) is 4.29. The van der Waals surface area contributed by atoms with Crippen molar-refractivity contribution in [2.75, 3.05) is 5.32 Å². The first-order valence-corrected chi connectivity index (χ1v) is 6.63. The Morgan fingerprint density at radius 3 is 2.74 bits per heavy atom. The molecule has 0 unspecified atom stereocenters. The monoisotopic (exact) mass is 360 g/mol. The van der Waals surface area contributed by atoms with Gasteiger partial charge in [0, 0.05) is 0 Å². The van der Waals surface area contributed by atoms with Gasteiger partial charge in [-0.25, -0.2) is 4.98 Å². The molecule has 1 heterocycles. The van der Waals surface area contributed by atoms with Crippen LogP contribution in [-0.4, -0.2) is 16.0 Å². The van der Waals surface area contributed by atoms with Crippen molar-refractivity contribution in [3.63, 3.8) is 0 Å². The average Bonchev–Trinajstić information content (AvgIpc) is 2.36. The summed E-state index contributed by atoms with van der Waals surface area (Å²) in [6, 6.07) is 5.75. The molecule has 19 heavy (non-hydrogen) atoms. The van der Waals surface area contributed by atoms with Gasteiger partial charge >= 0.3 is 0 Å². The Labute approximate surface area is 127 Å². The number of benzene rings is 1. The first-order valence-electron chi connectivity index (χ1n) is 5.08. The fourth-order valence-electron chi connectivity index (χ4n) is 1.38. The molecule has 1 aromatic heterocycles. The Morgan fingerprint density at radius 2 is 2.05 bits per heavy atom. The molecular formula is C12H7BrCl2N2O2. The van der Waals surface area contributed by atoms with Crippen LogP contribution in [0.1, 0.15) is 10.4 Å². The summed E-state index contributed by atoms with van der Waals surface area (Å²) in [6.07, 6.45) is 1.42. The molecule has 0 atom stereocenters. The zero-order valence-corrected chi connectivity index (χ0v) is 12.4. The number of nitrogens with zero attached hydrogens (tertiary/aromatic N) is 1. The van der Waals surface area contributed by atoms with Gasteiger partial charge in [-0.05, 0) is 40.2 Å². The molecule has 0 aliphatic heterocycles. The third-order valence-electron chi connectivity index (χ3n) is 2.25. The van der Waals surface area contributed by atoms with Gasteiger partial charge in [0.15, 0.2) is 0 Å². The number of rotatable bonds is 2. The van der Waals surface area contributed by atoms with Crippen LogP contribution in [0.4, 0.5) is 5.69 Å². The Morgan fingerprint density at radius 1 is 1.32 bits per heavy atom. The Hall–Kier alpha value is -1.30. The zero-order valence-electron chi connectivity index (χ0n) is 9.32. The molecule has 0 aliphatic rings. The number of anilines is 1. The highest BCUT2D eigenvalue weighted by Gasteiger charge is 2.12. The molecule has 0 fully saturated rings. The molecule has 2 rings (SSSR count). The predicted molar refractivity (Wildman–Crippen MR) is 78.0 cm³/mol. The van der Waals surface area contributed by atoms with E-state index in [-0.39, 0.29) is 16.3 Å². The maximum Gasteiger partial charge on any atom is 0.257 e.